The van der Waals surface area contributed by atoms with E-state index in [0.29, 0.717) is 17.5 Å². The van der Waals surface area contributed by atoms with Crippen LogP contribution in [0.5, 0.6) is 0 Å². The predicted molar refractivity (Wildman–Crippen MR) is 87.7 cm³/mol. The van der Waals surface area contributed by atoms with E-state index < -0.39 is 0 Å². The summed E-state index contributed by atoms with van der Waals surface area (Å²) in [4.78, 5) is 14.9. The van der Waals surface area contributed by atoms with E-state index in [0.717, 1.165) is 29.4 Å². The van der Waals surface area contributed by atoms with Gasteiger partial charge in [0.1, 0.15) is 0 Å². The number of hydrogen-bond acceptors (Lipinski definition) is 2. The normalized spacial score (nSPS) is 26.0. The number of hydrogen-bond donors (Lipinski definition) is 1. The second-order valence-electron chi connectivity index (χ2n) is 6.31. The van der Waals surface area contributed by atoms with Crippen molar-refractivity contribution in [3.8, 4) is 12.3 Å². The predicted octanol–water partition coefficient (Wildman–Crippen LogP) is 2.26. The first kappa shape index (κ1) is 13.4. The zero-order chi connectivity index (χ0) is 15.1. The fourth-order valence-electron chi connectivity index (χ4n) is 3.68. The highest BCUT2D eigenvalue weighted by atomic mass is 16.1. The molecule has 1 amide bonds. The fourth-order valence-corrected chi connectivity index (χ4v) is 3.68. The number of piperidine rings is 1. The third-order valence-corrected chi connectivity index (χ3v) is 4.92. The van der Waals surface area contributed by atoms with Gasteiger partial charge in [-0.05, 0) is 53.9 Å². The molecular weight excluding hydrogens is 272 g/mol. The molecule has 2 bridgehead atoms. The van der Waals surface area contributed by atoms with Crippen LogP contribution in [0.3, 0.4) is 0 Å². The maximum Gasteiger partial charge on any atom is 0.251 e. The average Bonchev–Trinajstić information content (AvgIpc) is 3.16. The van der Waals surface area contributed by atoms with Crippen molar-refractivity contribution in [1.82, 2.24) is 10.2 Å². The Bertz CT molecular complexity index is 790. The molecule has 0 aliphatic carbocycles. The highest BCUT2D eigenvalue weighted by Crippen LogP contribution is 2.28. The summed E-state index contributed by atoms with van der Waals surface area (Å²) in [6.45, 7) is 3.31. The van der Waals surface area contributed by atoms with E-state index in [-0.39, 0.29) is 5.91 Å². The Balaban J connectivity index is 1.57. The van der Waals surface area contributed by atoms with Gasteiger partial charge in [0, 0.05) is 30.3 Å². The molecule has 2 aromatic rings. The van der Waals surface area contributed by atoms with Crippen molar-refractivity contribution < 1.29 is 4.79 Å². The standard InChI is InChI=1S/C19H18N2O/c1-2-13-3-4-14-5-6-15(10-17(14)9-13)19(22)20-18-12-21-8-7-16(18)11-21/h1,3-6,9-10,16,18H,7-8,11-12H2,(H,20,22)/t16-,18?/m0/s1. The van der Waals surface area contributed by atoms with Crippen LogP contribution in [-0.4, -0.2) is 36.5 Å². The second kappa shape index (κ2) is 5.15. The van der Waals surface area contributed by atoms with E-state index in [9.17, 15) is 4.79 Å². The van der Waals surface area contributed by atoms with Gasteiger partial charge in [-0.1, -0.05) is 18.1 Å². The van der Waals surface area contributed by atoms with Crippen LogP contribution in [-0.2, 0) is 0 Å². The van der Waals surface area contributed by atoms with Crippen LogP contribution in [0, 0.1) is 18.3 Å². The minimum absolute atomic E-state index is 0.0201. The van der Waals surface area contributed by atoms with Gasteiger partial charge in [0.05, 0.1) is 0 Å². The lowest BCUT2D eigenvalue weighted by Crippen LogP contribution is -2.43. The van der Waals surface area contributed by atoms with E-state index >= 15 is 0 Å². The van der Waals surface area contributed by atoms with Gasteiger partial charge in [-0.15, -0.1) is 6.42 Å². The molecule has 0 radical (unpaired) electrons. The Morgan fingerprint density at radius 3 is 2.77 bits per heavy atom. The molecular formula is C19H18N2O. The lowest BCUT2D eigenvalue weighted by atomic mass is 9.99. The summed E-state index contributed by atoms with van der Waals surface area (Å²) in [5.41, 5.74) is 1.55. The summed E-state index contributed by atoms with van der Waals surface area (Å²) in [6, 6.07) is 12.0. The Kier molecular flexibility index (Phi) is 3.13. The first-order chi connectivity index (χ1) is 10.7. The molecule has 2 heterocycles. The van der Waals surface area contributed by atoms with Gasteiger partial charge in [-0.3, -0.25) is 4.79 Å². The van der Waals surface area contributed by atoms with Crippen LogP contribution in [0.25, 0.3) is 10.8 Å². The summed E-state index contributed by atoms with van der Waals surface area (Å²) >= 11 is 0. The van der Waals surface area contributed by atoms with Crippen molar-refractivity contribution in [3.63, 3.8) is 0 Å². The summed E-state index contributed by atoms with van der Waals surface area (Å²) in [5.74, 6) is 3.28. The molecule has 2 aliphatic rings. The summed E-state index contributed by atoms with van der Waals surface area (Å²) in [7, 11) is 0. The highest BCUT2D eigenvalue weighted by Gasteiger charge is 2.38. The van der Waals surface area contributed by atoms with E-state index in [4.69, 9.17) is 6.42 Å². The third kappa shape index (κ3) is 2.26. The first-order valence-electron chi connectivity index (χ1n) is 7.76. The molecule has 2 unspecified atom stereocenters. The SMILES string of the molecule is C#Cc1ccc2ccc(C(=O)NC3CN4CC[C@H]3C4)cc2c1. The molecule has 110 valence electrons. The van der Waals surface area contributed by atoms with Crippen LogP contribution in [0.1, 0.15) is 22.3 Å². The number of nitrogens with zero attached hydrogens (tertiary/aromatic N) is 1. The molecule has 1 N–H and O–H groups in total. The lowest BCUT2D eigenvalue weighted by Gasteiger charge is -2.23. The lowest BCUT2D eigenvalue weighted by molar-refractivity contribution is 0.0924. The summed E-state index contributed by atoms with van der Waals surface area (Å²) in [5, 5.41) is 5.31. The monoisotopic (exact) mass is 290 g/mol. The molecule has 2 fully saturated rings. The molecule has 3 heteroatoms. The molecule has 2 aromatic carbocycles. The Hall–Kier alpha value is -2.31. The minimum atomic E-state index is 0.0201. The van der Waals surface area contributed by atoms with E-state index in [1.54, 1.807) is 0 Å². The fraction of sp³-hybridized carbons (Fsp3) is 0.316. The van der Waals surface area contributed by atoms with Gasteiger partial charge in [0.15, 0.2) is 0 Å². The maximum atomic E-state index is 12.5. The Morgan fingerprint density at radius 1 is 1.18 bits per heavy atom. The van der Waals surface area contributed by atoms with Gasteiger partial charge < -0.3 is 10.2 Å². The third-order valence-electron chi connectivity index (χ3n) is 4.92. The van der Waals surface area contributed by atoms with E-state index in [1.807, 2.05) is 36.4 Å². The number of terminal acetylenes is 1. The van der Waals surface area contributed by atoms with Crippen LogP contribution in [0.2, 0.25) is 0 Å². The topological polar surface area (TPSA) is 32.3 Å². The Labute approximate surface area is 130 Å². The minimum Gasteiger partial charge on any atom is -0.348 e. The van der Waals surface area contributed by atoms with Crippen molar-refractivity contribution in [2.24, 2.45) is 5.92 Å². The van der Waals surface area contributed by atoms with Gasteiger partial charge >= 0.3 is 0 Å². The molecule has 2 aliphatic heterocycles. The number of nitrogens with one attached hydrogen (secondary N) is 1. The van der Waals surface area contributed by atoms with Gasteiger partial charge in [0.2, 0.25) is 0 Å². The number of carbonyl (C=O) groups is 1. The summed E-state index contributed by atoms with van der Waals surface area (Å²) < 4.78 is 0. The largest absolute Gasteiger partial charge is 0.348 e. The number of rotatable bonds is 2. The van der Waals surface area contributed by atoms with Gasteiger partial charge in [-0.2, -0.15) is 0 Å². The highest BCUT2D eigenvalue weighted by molar-refractivity contribution is 5.99. The summed E-state index contributed by atoms with van der Waals surface area (Å²) in [6.07, 6.45) is 6.65. The number of carbonyl (C=O) groups excluding carboxylic acids is 1. The van der Waals surface area contributed by atoms with Crippen molar-refractivity contribution in [3.05, 3.63) is 47.5 Å². The van der Waals surface area contributed by atoms with E-state index in [1.165, 1.54) is 13.0 Å². The second-order valence-corrected chi connectivity index (χ2v) is 6.31. The Morgan fingerprint density at radius 2 is 2.05 bits per heavy atom. The number of benzene rings is 2. The van der Waals surface area contributed by atoms with Gasteiger partial charge in [0.25, 0.3) is 5.91 Å². The zero-order valence-corrected chi connectivity index (χ0v) is 12.4. The number of amides is 1. The molecule has 0 saturated carbocycles. The zero-order valence-electron chi connectivity index (χ0n) is 12.4. The molecule has 3 nitrogen and oxygen atoms in total. The van der Waals surface area contributed by atoms with Crippen LogP contribution < -0.4 is 5.32 Å². The maximum absolute atomic E-state index is 12.5. The van der Waals surface area contributed by atoms with Crippen LogP contribution >= 0.6 is 0 Å². The molecule has 2 saturated heterocycles. The quantitative estimate of drug-likeness (QED) is 0.861. The molecule has 0 spiro atoms. The van der Waals surface area contributed by atoms with E-state index in [2.05, 4.69) is 16.1 Å². The van der Waals surface area contributed by atoms with Crippen molar-refractivity contribution >= 4 is 16.7 Å². The smallest absolute Gasteiger partial charge is 0.251 e. The van der Waals surface area contributed by atoms with Crippen molar-refractivity contribution in [2.45, 2.75) is 12.5 Å². The van der Waals surface area contributed by atoms with Crippen molar-refractivity contribution in [2.75, 3.05) is 19.6 Å². The van der Waals surface area contributed by atoms with Crippen LogP contribution in [0.4, 0.5) is 0 Å². The average molecular weight is 290 g/mol. The molecule has 22 heavy (non-hydrogen) atoms. The number of fused-ring (bicyclic) bond motifs is 3. The van der Waals surface area contributed by atoms with Crippen LogP contribution in [0.15, 0.2) is 36.4 Å². The van der Waals surface area contributed by atoms with Crippen molar-refractivity contribution in [1.29, 1.82) is 0 Å². The molecule has 3 atom stereocenters. The van der Waals surface area contributed by atoms with Gasteiger partial charge in [-0.25, -0.2) is 0 Å². The first-order valence-corrected chi connectivity index (χ1v) is 7.76. The molecule has 4 rings (SSSR count). The molecule has 0 aromatic heterocycles.